The number of hydrogen-bond donors (Lipinski definition) is 2. The van der Waals surface area contributed by atoms with Crippen LogP contribution in [0.2, 0.25) is 0 Å². The van der Waals surface area contributed by atoms with Gasteiger partial charge >= 0.3 is 0 Å². The SMILES string of the molecule is c1cnc2c(c1)CCC1CCCN(Cc3cn4c(NC5CCNC5)cccc4n3)C21. The Hall–Kier alpha value is -2.44. The number of nitrogens with zero attached hydrogens (tertiary/aromatic N) is 4. The van der Waals surface area contributed by atoms with E-state index in [1.54, 1.807) is 0 Å². The third-order valence-electron chi connectivity index (χ3n) is 7.17. The first kappa shape index (κ1) is 18.3. The molecule has 0 amide bonds. The summed E-state index contributed by atoms with van der Waals surface area (Å²) in [6.45, 7) is 4.14. The lowest BCUT2D eigenvalue weighted by Crippen LogP contribution is -2.41. The number of hydrogen-bond acceptors (Lipinski definition) is 5. The molecule has 0 bridgehead atoms. The number of anilines is 1. The molecule has 6 nitrogen and oxygen atoms in total. The second kappa shape index (κ2) is 7.67. The summed E-state index contributed by atoms with van der Waals surface area (Å²) in [6, 6.07) is 11.7. The minimum Gasteiger partial charge on any atom is -0.367 e. The van der Waals surface area contributed by atoms with Gasteiger partial charge in [-0.05, 0) is 74.9 Å². The van der Waals surface area contributed by atoms with E-state index in [0.717, 1.165) is 49.3 Å². The largest absolute Gasteiger partial charge is 0.367 e. The van der Waals surface area contributed by atoms with Gasteiger partial charge in [-0.15, -0.1) is 0 Å². The topological polar surface area (TPSA) is 57.5 Å². The molecule has 0 aromatic carbocycles. The molecule has 3 unspecified atom stereocenters. The van der Waals surface area contributed by atoms with Gasteiger partial charge in [-0.2, -0.15) is 0 Å². The van der Waals surface area contributed by atoms with Crippen LogP contribution in [0.15, 0.2) is 42.7 Å². The summed E-state index contributed by atoms with van der Waals surface area (Å²) in [5, 5.41) is 7.13. The molecule has 3 atom stereocenters. The third kappa shape index (κ3) is 3.28. The van der Waals surface area contributed by atoms with Crippen molar-refractivity contribution in [1.82, 2.24) is 24.6 Å². The summed E-state index contributed by atoms with van der Waals surface area (Å²) in [5.41, 5.74) is 4.93. The van der Waals surface area contributed by atoms with Gasteiger partial charge in [0.15, 0.2) is 0 Å². The highest BCUT2D eigenvalue weighted by molar-refractivity contribution is 5.51. The Balaban J connectivity index is 1.28. The number of aryl methyl sites for hydroxylation is 1. The molecule has 1 aliphatic carbocycles. The molecule has 6 heteroatoms. The molecule has 2 saturated heterocycles. The van der Waals surface area contributed by atoms with Gasteiger partial charge in [0.2, 0.25) is 0 Å². The summed E-state index contributed by atoms with van der Waals surface area (Å²) in [6.07, 6.45) is 10.4. The van der Waals surface area contributed by atoms with Crippen molar-refractivity contribution in [3.63, 3.8) is 0 Å². The molecule has 3 aliphatic rings. The average Bonchev–Trinajstić information content (AvgIpc) is 3.44. The lowest BCUT2D eigenvalue weighted by Gasteiger charge is -2.44. The number of piperidine rings is 1. The van der Waals surface area contributed by atoms with E-state index in [0.29, 0.717) is 12.1 Å². The first-order valence-corrected chi connectivity index (χ1v) is 11.5. The number of aromatic nitrogens is 3. The lowest BCUT2D eigenvalue weighted by atomic mass is 9.77. The van der Waals surface area contributed by atoms with Crippen molar-refractivity contribution in [2.24, 2.45) is 5.92 Å². The fraction of sp³-hybridized carbons (Fsp3) is 0.500. The van der Waals surface area contributed by atoms with E-state index in [1.807, 2.05) is 6.20 Å². The van der Waals surface area contributed by atoms with Crippen LogP contribution < -0.4 is 10.6 Å². The molecule has 6 rings (SSSR count). The van der Waals surface area contributed by atoms with Gasteiger partial charge in [-0.25, -0.2) is 4.98 Å². The number of rotatable bonds is 4. The van der Waals surface area contributed by atoms with E-state index in [9.17, 15) is 0 Å². The van der Waals surface area contributed by atoms with Crippen LogP contribution >= 0.6 is 0 Å². The Morgan fingerprint density at radius 1 is 1.13 bits per heavy atom. The molecule has 2 aliphatic heterocycles. The summed E-state index contributed by atoms with van der Waals surface area (Å²) in [4.78, 5) is 12.4. The highest BCUT2D eigenvalue weighted by Gasteiger charge is 2.37. The van der Waals surface area contributed by atoms with Crippen LogP contribution in [0.1, 0.15) is 48.7 Å². The van der Waals surface area contributed by atoms with Crippen LogP contribution in [0.4, 0.5) is 5.82 Å². The van der Waals surface area contributed by atoms with Gasteiger partial charge in [0.05, 0.1) is 17.4 Å². The van der Waals surface area contributed by atoms with Gasteiger partial charge in [-0.3, -0.25) is 14.3 Å². The fourth-order valence-electron chi connectivity index (χ4n) is 5.75. The second-order valence-corrected chi connectivity index (χ2v) is 9.11. The third-order valence-corrected chi connectivity index (χ3v) is 7.17. The first-order chi connectivity index (χ1) is 14.8. The lowest BCUT2D eigenvalue weighted by molar-refractivity contribution is 0.0687. The van der Waals surface area contributed by atoms with E-state index < -0.39 is 0 Å². The van der Waals surface area contributed by atoms with E-state index in [-0.39, 0.29) is 0 Å². The van der Waals surface area contributed by atoms with Crippen LogP contribution in [-0.2, 0) is 13.0 Å². The van der Waals surface area contributed by atoms with Crippen molar-refractivity contribution in [2.45, 2.75) is 50.7 Å². The Morgan fingerprint density at radius 2 is 2.13 bits per heavy atom. The Labute approximate surface area is 177 Å². The number of fused-ring (bicyclic) bond motifs is 4. The van der Waals surface area contributed by atoms with Gasteiger partial charge < -0.3 is 10.6 Å². The zero-order chi connectivity index (χ0) is 19.9. The number of pyridine rings is 2. The normalized spacial score (nSPS) is 26.5. The zero-order valence-corrected chi connectivity index (χ0v) is 17.4. The second-order valence-electron chi connectivity index (χ2n) is 9.11. The molecule has 0 radical (unpaired) electrons. The summed E-state index contributed by atoms with van der Waals surface area (Å²) in [5.74, 6) is 1.87. The summed E-state index contributed by atoms with van der Waals surface area (Å²) < 4.78 is 2.22. The average molecular weight is 403 g/mol. The van der Waals surface area contributed by atoms with Crippen LogP contribution in [0, 0.1) is 5.92 Å². The van der Waals surface area contributed by atoms with E-state index in [1.165, 1.54) is 43.4 Å². The van der Waals surface area contributed by atoms with Crippen molar-refractivity contribution in [1.29, 1.82) is 0 Å². The fourth-order valence-corrected chi connectivity index (χ4v) is 5.75. The Kier molecular flexibility index (Phi) is 4.69. The highest BCUT2D eigenvalue weighted by atomic mass is 15.2. The number of likely N-dealkylation sites (tertiary alicyclic amines) is 1. The molecular weight excluding hydrogens is 372 g/mol. The van der Waals surface area contributed by atoms with E-state index in [2.05, 4.69) is 56.5 Å². The van der Waals surface area contributed by atoms with E-state index in [4.69, 9.17) is 9.97 Å². The number of imidazole rings is 1. The van der Waals surface area contributed by atoms with Crippen molar-refractivity contribution in [2.75, 3.05) is 25.0 Å². The maximum atomic E-state index is 4.98. The van der Waals surface area contributed by atoms with Crippen LogP contribution in [0.25, 0.3) is 5.65 Å². The monoisotopic (exact) mass is 402 g/mol. The van der Waals surface area contributed by atoms with Gasteiger partial charge in [0, 0.05) is 31.5 Å². The predicted molar refractivity (Wildman–Crippen MR) is 119 cm³/mol. The molecule has 2 N–H and O–H groups in total. The van der Waals surface area contributed by atoms with Crippen LogP contribution in [-0.4, -0.2) is 44.9 Å². The zero-order valence-electron chi connectivity index (χ0n) is 17.4. The highest BCUT2D eigenvalue weighted by Crippen LogP contribution is 2.43. The molecule has 2 fully saturated rings. The molecule has 3 aromatic heterocycles. The minimum absolute atomic E-state index is 0.440. The molecule has 3 aromatic rings. The summed E-state index contributed by atoms with van der Waals surface area (Å²) >= 11 is 0. The Bertz CT molecular complexity index is 1040. The standard InChI is InChI=1S/C24H30N6/c1-6-21(27-19-10-12-25-14-19)30-16-20(28-22(30)7-1)15-29-13-3-5-18-9-8-17-4-2-11-26-23(17)24(18)29/h1-2,4,6-7,11,16,18-19,24-25,27H,3,5,8-10,12-15H2. The molecular formula is C24H30N6. The summed E-state index contributed by atoms with van der Waals surface area (Å²) in [7, 11) is 0. The molecule has 156 valence electrons. The van der Waals surface area contributed by atoms with Crippen molar-refractivity contribution in [3.8, 4) is 0 Å². The Morgan fingerprint density at radius 3 is 3.07 bits per heavy atom. The first-order valence-electron chi connectivity index (χ1n) is 11.5. The quantitative estimate of drug-likeness (QED) is 0.701. The van der Waals surface area contributed by atoms with Gasteiger partial charge in [0.1, 0.15) is 11.5 Å². The maximum absolute atomic E-state index is 4.98. The van der Waals surface area contributed by atoms with Crippen LogP contribution in [0.5, 0.6) is 0 Å². The predicted octanol–water partition coefficient (Wildman–Crippen LogP) is 3.40. The molecule has 30 heavy (non-hydrogen) atoms. The number of nitrogens with one attached hydrogen (secondary N) is 2. The molecule has 0 saturated carbocycles. The van der Waals surface area contributed by atoms with Gasteiger partial charge in [-0.1, -0.05) is 12.1 Å². The van der Waals surface area contributed by atoms with Crippen LogP contribution in [0.3, 0.4) is 0 Å². The van der Waals surface area contributed by atoms with E-state index >= 15 is 0 Å². The van der Waals surface area contributed by atoms with Crippen molar-refractivity contribution in [3.05, 3.63) is 59.7 Å². The molecule has 5 heterocycles. The smallest absolute Gasteiger partial charge is 0.138 e. The van der Waals surface area contributed by atoms with Gasteiger partial charge in [0.25, 0.3) is 0 Å². The molecule has 0 spiro atoms. The van der Waals surface area contributed by atoms with Crippen molar-refractivity contribution >= 4 is 11.5 Å². The maximum Gasteiger partial charge on any atom is 0.138 e. The van der Waals surface area contributed by atoms with Crippen molar-refractivity contribution < 1.29 is 0 Å². The minimum atomic E-state index is 0.440.